The van der Waals surface area contributed by atoms with Gasteiger partial charge in [0.05, 0.1) is 30.6 Å². The van der Waals surface area contributed by atoms with Crippen molar-refractivity contribution in [3.05, 3.63) is 18.0 Å². The van der Waals surface area contributed by atoms with E-state index in [1.54, 1.807) is 24.1 Å². The van der Waals surface area contributed by atoms with Crippen molar-refractivity contribution in [2.45, 2.75) is 44.9 Å². The number of likely N-dealkylation sites (tertiary alicyclic amines) is 1. The second kappa shape index (κ2) is 8.42. The predicted molar refractivity (Wildman–Crippen MR) is 87.2 cm³/mol. The Morgan fingerprint density at radius 3 is 3.00 bits per heavy atom. The minimum Gasteiger partial charge on any atom is -0.389 e. The first-order valence-electron chi connectivity index (χ1n) is 8.26. The van der Waals surface area contributed by atoms with Gasteiger partial charge in [0.1, 0.15) is 0 Å². The van der Waals surface area contributed by atoms with Crippen LogP contribution in [0.3, 0.4) is 0 Å². The zero-order valence-electron chi connectivity index (χ0n) is 14.2. The molecule has 0 aliphatic carbocycles. The van der Waals surface area contributed by atoms with Crippen LogP contribution in [-0.2, 0) is 11.8 Å². The van der Waals surface area contributed by atoms with Crippen LogP contribution in [0.4, 0.5) is 0 Å². The normalized spacial score (nSPS) is 20.1. The Morgan fingerprint density at radius 1 is 1.57 bits per heavy atom. The average molecular weight is 324 g/mol. The van der Waals surface area contributed by atoms with Gasteiger partial charge < -0.3 is 15.2 Å². The lowest BCUT2D eigenvalue weighted by Crippen LogP contribution is -2.44. The number of aryl methyl sites for hydroxylation is 1. The van der Waals surface area contributed by atoms with E-state index < -0.39 is 6.10 Å². The molecule has 1 fully saturated rings. The van der Waals surface area contributed by atoms with Gasteiger partial charge in [0.25, 0.3) is 5.91 Å². The van der Waals surface area contributed by atoms with E-state index in [2.05, 4.69) is 15.3 Å². The highest BCUT2D eigenvalue weighted by Gasteiger charge is 2.26. The van der Waals surface area contributed by atoms with Crippen LogP contribution in [-0.4, -0.2) is 70.2 Å². The Bertz CT molecular complexity index is 503. The van der Waals surface area contributed by atoms with E-state index in [1.807, 2.05) is 13.8 Å². The number of nitrogens with zero attached hydrogens (tertiary/aromatic N) is 3. The standard InChI is InChI=1S/C16H28N4O3/c1-12(2)23-11-15(21)10-20-6-4-5-14(20)8-17-16(22)13-7-18-19(3)9-13/h7,9,12,14-15,21H,4-6,8,10-11H2,1-3H3,(H,17,22). The van der Waals surface area contributed by atoms with Crippen molar-refractivity contribution in [1.82, 2.24) is 20.0 Å². The van der Waals surface area contributed by atoms with E-state index in [1.165, 1.54) is 0 Å². The first-order valence-corrected chi connectivity index (χ1v) is 8.26. The molecule has 1 amide bonds. The Kier molecular flexibility index (Phi) is 6.56. The van der Waals surface area contributed by atoms with Gasteiger partial charge in [0.15, 0.2) is 0 Å². The molecule has 1 aromatic rings. The fourth-order valence-electron chi connectivity index (χ4n) is 2.84. The Morgan fingerprint density at radius 2 is 2.35 bits per heavy atom. The molecular formula is C16H28N4O3. The molecule has 1 aliphatic heterocycles. The summed E-state index contributed by atoms with van der Waals surface area (Å²) in [6.45, 7) is 6.39. The predicted octanol–water partition coefficient (Wildman–Crippen LogP) is 0.400. The summed E-state index contributed by atoms with van der Waals surface area (Å²) in [7, 11) is 1.79. The second-order valence-electron chi connectivity index (χ2n) is 6.44. The molecule has 0 saturated carbocycles. The van der Waals surface area contributed by atoms with Crippen LogP contribution in [0.5, 0.6) is 0 Å². The van der Waals surface area contributed by atoms with Gasteiger partial charge in [-0.1, -0.05) is 0 Å². The summed E-state index contributed by atoms with van der Waals surface area (Å²) in [5, 5.41) is 17.0. The van der Waals surface area contributed by atoms with Gasteiger partial charge in [-0.25, -0.2) is 0 Å². The molecule has 130 valence electrons. The van der Waals surface area contributed by atoms with Gasteiger partial charge >= 0.3 is 0 Å². The lowest BCUT2D eigenvalue weighted by atomic mass is 10.2. The molecule has 1 aliphatic rings. The van der Waals surface area contributed by atoms with Crippen molar-refractivity contribution in [2.24, 2.45) is 7.05 Å². The molecule has 7 heteroatoms. The molecule has 2 atom stereocenters. The van der Waals surface area contributed by atoms with Gasteiger partial charge in [-0.15, -0.1) is 0 Å². The molecule has 2 heterocycles. The number of β-amino-alcohol motifs (C(OH)–C–C–N with tert-alkyl or cyclic N) is 1. The molecule has 7 nitrogen and oxygen atoms in total. The van der Waals surface area contributed by atoms with Crippen LogP contribution < -0.4 is 5.32 Å². The fourth-order valence-corrected chi connectivity index (χ4v) is 2.84. The van der Waals surface area contributed by atoms with E-state index in [0.29, 0.717) is 25.3 Å². The minimum atomic E-state index is -0.493. The van der Waals surface area contributed by atoms with Gasteiger partial charge in [-0.2, -0.15) is 5.10 Å². The molecule has 2 rings (SSSR count). The lowest BCUT2D eigenvalue weighted by Gasteiger charge is -2.27. The highest BCUT2D eigenvalue weighted by atomic mass is 16.5. The lowest BCUT2D eigenvalue weighted by molar-refractivity contribution is -0.00989. The first-order chi connectivity index (χ1) is 11.0. The maximum atomic E-state index is 12.1. The second-order valence-corrected chi connectivity index (χ2v) is 6.44. The highest BCUT2D eigenvalue weighted by Crippen LogP contribution is 2.17. The number of aliphatic hydroxyl groups excluding tert-OH is 1. The number of amides is 1. The summed E-state index contributed by atoms with van der Waals surface area (Å²) in [5.74, 6) is -0.103. The van der Waals surface area contributed by atoms with Crippen LogP contribution in [0.2, 0.25) is 0 Å². The number of hydrogen-bond acceptors (Lipinski definition) is 5. The van der Waals surface area contributed by atoms with Crippen molar-refractivity contribution < 1.29 is 14.6 Å². The number of nitrogens with one attached hydrogen (secondary N) is 1. The zero-order chi connectivity index (χ0) is 16.8. The third kappa shape index (κ3) is 5.60. The van der Waals surface area contributed by atoms with Crippen LogP contribution in [0, 0.1) is 0 Å². The maximum absolute atomic E-state index is 12.1. The monoisotopic (exact) mass is 324 g/mol. The summed E-state index contributed by atoms with van der Waals surface area (Å²) >= 11 is 0. The molecule has 1 saturated heterocycles. The molecule has 23 heavy (non-hydrogen) atoms. The molecule has 1 aromatic heterocycles. The van der Waals surface area contributed by atoms with E-state index in [-0.39, 0.29) is 18.1 Å². The molecule has 0 radical (unpaired) electrons. The molecule has 0 bridgehead atoms. The quantitative estimate of drug-likeness (QED) is 0.724. The van der Waals surface area contributed by atoms with E-state index in [9.17, 15) is 9.90 Å². The molecule has 2 N–H and O–H groups in total. The van der Waals surface area contributed by atoms with Gasteiger partial charge in [-0.05, 0) is 33.2 Å². The first kappa shape index (κ1) is 17.9. The van der Waals surface area contributed by atoms with Crippen LogP contribution in [0.15, 0.2) is 12.4 Å². The Labute approximate surface area is 137 Å². The SMILES string of the molecule is CC(C)OCC(O)CN1CCCC1CNC(=O)c1cnn(C)c1. The summed E-state index contributed by atoms with van der Waals surface area (Å²) in [5.41, 5.74) is 0.572. The number of carbonyl (C=O) groups is 1. The van der Waals surface area contributed by atoms with Gasteiger partial charge in [0.2, 0.25) is 0 Å². The smallest absolute Gasteiger partial charge is 0.254 e. The third-order valence-corrected chi connectivity index (χ3v) is 4.03. The van der Waals surface area contributed by atoms with E-state index in [0.717, 1.165) is 19.4 Å². The van der Waals surface area contributed by atoms with Crippen molar-refractivity contribution >= 4 is 5.91 Å². The third-order valence-electron chi connectivity index (χ3n) is 4.03. The number of aliphatic hydroxyl groups is 1. The van der Waals surface area contributed by atoms with Crippen LogP contribution >= 0.6 is 0 Å². The summed E-state index contributed by atoms with van der Waals surface area (Å²) < 4.78 is 7.06. The van der Waals surface area contributed by atoms with Crippen molar-refractivity contribution in [1.29, 1.82) is 0 Å². The van der Waals surface area contributed by atoms with Crippen molar-refractivity contribution in [3.8, 4) is 0 Å². The largest absolute Gasteiger partial charge is 0.389 e. The fraction of sp³-hybridized carbons (Fsp3) is 0.750. The number of ether oxygens (including phenoxy) is 1. The molecular weight excluding hydrogens is 296 g/mol. The zero-order valence-corrected chi connectivity index (χ0v) is 14.2. The number of carbonyl (C=O) groups excluding carboxylic acids is 1. The van der Waals surface area contributed by atoms with E-state index >= 15 is 0 Å². The van der Waals surface area contributed by atoms with Crippen molar-refractivity contribution in [2.75, 3.05) is 26.2 Å². The van der Waals surface area contributed by atoms with E-state index in [4.69, 9.17) is 4.74 Å². The number of aromatic nitrogens is 2. The van der Waals surface area contributed by atoms with Gasteiger partial charge in [-0.3, -0.25) is 14.4 Å². The molecule has 0 aromatic carbocycles. The maximum Gasteiger partial charge on any atom is 0.254 e. The minimum absolute atomic E-state index is 0.103. The highest BCUT2D eigenvalue weighted by molar-refractivity contribution is 5.93. The molecule has 2 unspecified atom stereocenters. The molecule has 0 spiro atoms. The van der Waals surface area contributed by atoms with Crippen LogP contribution in [0.1, 0.15) is 37.0 Å². The summed E-state index contributed by atoms with van der Waals surface area (Å²) in [6, 6.07) is 0.268. The number of hydrogen-bond donors (Lipinski definition) is 2. The number of rotatable bonds is 8. The van der Waals surface area contributed by atoms with Gasteiger partial charge in [0, 0.05) is 32.4 Å². The summed E-state index contributed by atoms with van der Waals surface area (Å²) in [6.07, 6.45) is 5.02. The van der Waals surface area contributed by atoms with Crippen LogP contribution in [0.25, 0.3) is 0 Å². The Hall–Kier alpha value is -1.44. The average Bonchev–Trinajstić information content (AvgIpc) is 3.12. The topological polar surface area (TPSA) is 79.6 Å². The Balaban J connectivity index is 1.76. The van der Waals surface area contributed by atoms with Crippen molar-refractivity contribution in [3.63, 3.8) is 0 Å². The summed E-state index contributed by atoms with van der Waals surface area (Å²) in [4.78, 5) is 14.3.